The molecule has 0 atom stereocenters. The number of hydrogen-bond donors (Lipinski definition) is 2. The Morgan fingerprint density at radius 2 is 1.31 bits per heavy atom. The van der Waals surface area contributed by atoms with Crippen molar-refractivity contribution < 1.29 is 14.5 Å². The van der Waals surface area contributed by atoms with E-state index < -0.39 is 7.12 Å². The van der Waals surface area contributed by atoms with Gasteiger partial charge >= 0.3 is 7.12 Å². The predicted molar refractivity (Wildman–Crippen MR) is 111 cm³/mol. The molecule has 5 rings (SSSR count). The number of rotatable bonds is 1. The largest absolute Gasteiger partial charge is 0.488 e. The van der Waals surface area contributed by atoms with E-state index in [-0.39, 0.29) is 16.4 Å². The van der Waals surface area contributed by atoms with Gasteiger partial charge in [0, 0.05) is 10.8 Å². The summed E-state index contributed by atoms with van der Waals surface area (Å²) in [5.41, 5.74) is 2.59. The van der Waals surface area contributed by atoms with Crippen LogP contribution >= 0.6 is 0 Å². The minimum atomic E-state index is -1.65. The lowest BCUT2D eigenvalue weighted by molar-refractivity contribution is 0.426. The molecule has 0 amide bonds. The Bertz CT molecular complexity index is 1360. The van der Waals surface area contributed by atoms with Crippen molar-refractivity contribution in [1.82, 2.24) is 0 Å². The zero-order chi connectivity index (χ0) is 18.3. The van der Waals surface area contributed by atoms with E-state index in [9.17, 15) is 10.0 Å². The quantitative estimate of drug-likeness (QED) is 0.282. The Balaban J connectivity index is 2.24. The van der Waals surface area contributed by atoms with Crippen LogP contribution in [0.3, 0.4) is 0 Å². The molecule has 0 saturated heterocycles. The number of benzene rings is 4. The fourth-order valence-corrected chi connectivity index (χ4v) is 3.91. The number of furan rings is 1. The Hall–Kier alpha value is -2.30. The van der Waals surface area contributed by atoms with E-state index in [0.717, 1.165) is 16.2 Å². The zero-order valence-electron chi connectivity index (χ0n) is 13.6. The average Bonchev–Trinajstić information content (AvgIpc) is 3.01. The minimum absolute atomic E-state index is 0.212. The molecule has 0 spiro atoms. The lowest BCUT2D eigenvalue weighted by Crippen LogP contribution is -2.47. The average molecular weight is 325 g/mol. The summed E-state index contributed by atoms with van der Waals surface area (Å²) in [7, 11) is 23.1. The first-order chi connectivity index (χ1) is 12.4. The molecule has 0 fully saturated rings. The van der Waals surface area contributed by atoms with Gasteiger partial charge in [-0.25, -0.2) is 0 Å². The fourth-order valence-electron chi connectivity index (χ4n) is 3.91. The van der Waals surface area contributed by atoms with E-state index in [2.05, 4.69) is 0 Å². The standard InChI is InChI=1S/C18H7B5O3/c19-15-13-7-2-1-3-9-11(7)12-8(14(13)16(20)18(22)17(15)21)4-6(23(24)25)5-10(12)26-9/h1-5,24-25H. The molecule has 0 saturated carbocycles. The van der Waals surface area contributed by atoms with Gasteiger partial charge < -0.3 is 14.5 Å². The van der Waals surface area contributed by atoms with Gasteiger partial charge in [0.1, 0.15) is 42.6 Å². The summed E-state index contributed by atoms with van der Waals surface area (Å²) in [5, 5.41) is 23.9. The van der Waals surface area contributed by atoms with Crippen LogP contribution in [0.2, 0.25) is 0 Å². The van der Waals surface area contributed by atoms with Crippen LogP contribution in [0.5, 0.6) is 0 Å². The SMILES string of the molecule is [B]c1c([B])c([B])c2c3cc(B(O)O)cc4oc5cccc(c2c1[B])c5c43. The highest BCUT2D eigenvalue weighted by Gasteiger charge is 2.23. The molecule has 112 valence electrons. The Morgan fingerprint density at radius 3 is 1.96 bits per heavy atom. The van der Waals surface area contributed by atoms with E-state index in [4.69, 9.17) is 35.8 Å². The maximum absolute atomic E-state index is 9.68. The molecule has 2 N–H and O–H groups in total. The molecule has 0 unspecified atom stereocenters. The van der Waals surface area contributed by atoms with Gasteiger partial charge in [-0.2, -0.15) is 0 Å². The molecule has 4 aromatic carbocycles. The Morgan fingerprint density at radius 1 is 0.692 bits per heavy atom. The third-order valence-corrected chi connectivity index (χ3v) is 5.12. The third kappa shape index (κ3) is 1.81. The van der Waals surface area contributed by atoms with Crippen LogP contribution in [-0.4, -0.2) is 48.6 Å². The van der Waals surface area contributed by atoms with E-state index in [1.54, 1.807) is 12.1 Å². The molecule has 8 heteroatoms. The zero-order valence-corrected chi connectivity index (χ0v) is 13.6. The third-order valence-electron chi connectivity index (χ3n) is 5.12. The lowest BCUT2D eigenvalue weighted by Gasteiger charge is -2.20. The van der Waals surface area contributed by atoms with Crippen LogP contribution in [0.4, 0.5) is 0 Å². The molecule has 0 aliphatic rings. The van der Waals surface area contributed by atoms with Crippen molar-refractivity contribution >= 4 is 109 Å². The van der Waals surface area contributed by atoms with Crippen LogP contribution in [0.15, 0.2) is 34.7 Å². The maximum atomic E-state index is 9.68. The van der Waals surface area contributed by atoms with Crippen molar-refractivity contribution in [3.05, 3.63) is 30.3 Å². The van der Waals surface area contributed by atoms with Crippen LogP contribution in [0, 0.1) is 0 Å². The monoisotopic (exact) mass is 326 g/mol. The van der Waals surface area contributed by atoms with Gasteiger partial charge in [0.25, 0.3) is 0 Å². The topological polar surface area (TPSA) is 53.6 Å². The first-order valence-corrected chi connectivity index (χ1v) is 8.02. The highest BCUT2D eigenvalue weighted by molar-refractivity contribution is 6.69. The number of hydrogen-bond acceptors (Lipinski definition) is 3. The molecule has 0 aliphatic carbocycles. The van der Waals surface area contributed by atoms with Crippen molar-refractivity contribution in [3.63, 3.8) is 0 Å². The fraction of sp³-hybridized carbons (Fsp3) is 0. The van der Waals surface area contributed by atoms with Crippen molar-refractivity contribution in [2.75, 3.05) is 0 Å². The summed E-state index contributed by atoms with van der Waals surface area (Å²) in [6.45, 7) is 0. The van der Waals surface area contributed by atoms with E-state index >= 15 is 0 Å². The number of fused-ring (bicyclic) bond motifs is 3. The van der Waals surface area contributed by atoms with Crippen molar-refractivity contribution in [1.29, 1.82) is 0 Å². The van der Waals surface area contributed by atoms with Gasteiger partial charge in [0.15, 0.2) is 0 Å². The molecule has 1 aromatic heterocycles. The minimum Gasteiger partial charge on any atom is -0.456 e. The summed E-state index contributed by atoms with van der Waals surface area (Å²) < 4.78 is 5.95. The summed E-state index contributed by atoms with van der Waals surface area (Å²) in [6, 6.07) is 8.92. The van der Waals surface area contributed by atoms with E-state index in [1.165, 1.54) is 0 Å². The highest BCUT2D eigenvalue weighted by Crippen LogP contribution is 2.40. The first-order valence-electron chi connectivity index (χ1n) is 8.02. The van der Waals surface area contributed by atoms with Crippen molar-refractivity contribution in [2.24, 2.45) is 0 Å². The Kier molecular flexibility index (Phi) is 3.14. The lowest BCUT2D eigenvalue weighted by atomic mass is 9.63. The Labute approximate surface area is 154 Å². The second kappa shape index (κ2) is 5.12. The normalized spacial score (nSPS) is 12.1. The van der Waals surface area contributed by atoms with E-state index in [1.807, 2.05) is 18.2 Å². The second-order valence-corrected chi connectivity index (χ2v) is 6.50. The van der Waals surface area contributed by atoms with Gasteiger partial charge in [0.05, 0.1) is 0 Å². The molecule has 8 radical (unpaired) electrons. The smallest absolute Gasteiger partial charge is 0.456 e. The molecular weight excluding hydrogens is 318 g/mol. The molecule has 26 heavy (non-hydrogen) atoms. The summed E-state index contributed by atoms with van der Waals surface area (Å²) in [6.07, 6.45) is 0. The molecule has 5 aromatic rings. The van der Waals surface area contributed by atoms with Crippen LogP contribution in [0.1, 0.15) is 0 Å². The maximum Gasteiger partial charge on any atom is 0.488 e. The highest BCUT2D eigenvalue weighted by atomic mass is 16.4. The van der Waals surface area contributed by atoms with Crippen molar-refractivity contribution in [3.8, 4) is 0 Å². The van der Waals surface area contributed by atoms with Gasteiger partial charge in [-0.05, 0) is 39.1 Å². The predicted octanol–water partition coefficient (Wildman–Crippen LogP) is -1.81. The van der Waals surface area contributed by atoms with Gasteiger partial charge in [-0.3, -0.25) is 0 Å². The molecule has 3 nitrogen and oxygen atoms in total. The van der Waals surface area contributed by atoms with Gasteiger partial charge in [0.2, 0.25) is 0 Å². The van der Waals surface area contributed by atoms with Gasteiger partial charge in [-0.15, -0.1) is 10.9 Å². The summed E-state index contributed by atoms with van der Waals surface area (Å²) in [5.74, 6) is 0. The van der Waals surface area contributed by atoms with Gasteiger partial charge in [-0.1, -0.05) is 29.1 Å². The molecular formula is C18H7B5O3. The molecule has 1 heterocycles. The van der Waals surface area contributed by atoms with E-state index in [0.29, 0.717) is 38.3 Å². The summed E-state index contributed by atoms with van der Waals surface area (Å²) >= 11 is 0. The van der Waals surface area contributed by atoms with Crippen molar-refractivity contribution in [2.45, 2.75) is 0 Å². The van der Waals surface area contributed by atoms with Crippen LogP contribution in [0.25, 0.3) is 43.5 Å². The summed E-state index contributed by atoms with van der Waals surface area (Å²) in [4.78, 5) is 0. The second-order valence-electron chi connectivity index (χ2n) is 6.50. The molecule has 0 bridgehead atoms. The molecule has 0 aliphatic heterocycles. The van der Waals surface area contributed by atoms with Crippen LogP contribution < -0.4 is 27.3 Å². The van der Waals surface area contributed by atoms with Crippen LogP contribution in [-0.2, 0) is 0 Å². The first kappa shape index (κ1) is 15.9.